The summed E-state index contributed by atoms with van der Waals surface area (Å²) in [6.07, 6.45) is 1.73. The van der Waals surface area contributed by atoms with E-state index in [9.17, 15) is 4.79 Å². The molecule has 0 fully saturated rings. The Morgan fingerprint density at radius 2 is 1.77 bits per heavy atom. The molecule has 1 amide bonds. The van der Waals surface area contributed by atoms with Crippen molar-refractivity contribution in [3.8, 4) is 11.5 Å². The molecular formula is C22H29NO3. The van der Waals surface area contributed by atoms with E-state index in [1.165, 1.54) is 11.1 Å². The molecule has 140 valence electrons. The van der Waals surface area contributed by atoms with Crippen LogP contribution in [0.15, 0.2) is 48.5 Å². The van der Waals surface area contributed by atoms with Crippen LogP contribution in [0.1, 0.15) is 44.2 Å². The van der Waals surface area contributed by atoms with Crippen molar-refractivity contribution in [2.45, 2.75) is 39.5 Å². The molecule has 0 aromatic heterocycles. The third kappa shape index (κ3) is 6.43. The van der Waals surface area contributed by atoms with Crippen LogP contribution >= 0.6 is 0 Å². The molecule has 0 atom stereocenters. The van der Waals surface area contributed by atoms with Gasteiger partial charge in [0.15, 0.2) is 6.61 Å². The Bertz CT molecular complexity index is 680. The molecule has 0 heterocycles. The van der Waals surface area contributed by atoms with Crippen LogP contribution in [0.3, 0.4) is 0 Å². The van der Waals surface area contributed by atoms with Gasteiger partial charge >= 0.3 is 0 Å². The molecule has 0 unspecified atom stereocenters. The average Bonchev–Trinajstić information content (AvgIpc) is 2.65. The van der Waals surface area contributed by atoms with Crippen LogP contribution in [-0.2, 0) is 11.2 Å². The molecule has 2 rings (SSSR count). The number of aryl methyl sites for hydroxylation is 1. The first kappa shape index (κ1) is 19.8. The van der Waals surface area contributed by atoms with Crippen molar-refractivity contribution in [2.24, 2.45) is 0 Å². The summed E-state index contributed by atoms with van der Waals surface area (Å²) >= 11 is 0. The fraction of sp³-hybridized carbons (Fsp3) is 0.409. The van der Waals surface area contributed by atoms with E-state index in [4.69, 9.17) is 9.47 Å². The number of carbonyl (C=O) groups excluding carboxylic acids is 1. The first-order chi connectivity index (χ1) is 12.6. The Labute approximate surface area is 156 Å². The van der Waals surface area contributed by atoms with Crippen molar-refractivity contribution in [1.29, 1.82) is 0 Å². The SMILES string of the molecule is CCOc1ccccc1CCCNC(=O)COc1ccc(C(C)C)cc1. The van der Waals surface area contributed by atoms with Gasteiger partial charge in [0.1, 0.15) is 11.5 Å². The normalized spacial score (nSPS) is 10.6. The molecule has 1 N–H and O–H groups in total. The minimum absolute atomic E-state index is 0.0383. The van der Waals surface area contributed by atoms with Gasteiger partial charge in [-0.2, -0.15) is 0 Å². The maximum atomic E-state index is 11.9. The standard InChI is InChI=1S/C22H29NO3/c1-4-25-21-10-6-5-8-19(21)9-7-15-23-22(24)16-26-20-13-11-18(12-14-20)17(2)3/h5-6,8,10-14,17H,4,7,9,15-16H2,1-3H3,(H,23,24). The zero-order chi connectivity index (χ0) is 18.8. The number of carbonyl (C=O) groups is 1. The van der Waals surface area contributed by atoms with Crippen LogP contribution < -0.4 is 14.8 Å². The third-order valence-corrected chi connectivity index (χ3v) is 4.13. The van der Waals surface area contributed by atoms with Gasteiger partial charge in [0, 0.05) is 6.54 Å². The van der Waals surface area contributed by atoms with Crippen LogP contribution in [0.2, 0.25) is 0 Å². The molecule has 2 aromatic rings. The highest BCUT2D eigenvalue weighted by molar-refractivity contribution is 5.77. The van der Waals surface area contributed by atoms with Gasteiger partial charge in [0.2, 0.25) is 0 Å². The maximum Gasteiger partial charge on any atom is 0.257 e. The van der Waals surface area contributed by atoms with Gasteiger partial charge in [0.05, 0.1) is 6.61 Å². The molecule has 0 aliphatic heterocycles. The highest BCUT2D eigenvalue weighted by Crippen LogP contribution is 2.19. The lowest BCUT2D eigenvalue weighted by atomic mass is 10.0. The molecule has 0 aliphatic carbocycles. The summed E-state index contributed by atoms with van der Waals surface area (Å²) in [4.78, 5) is 11.9. The largest absolute Gasteiger partial charge is 0.494 e. The molecule has 0 radical (unpaired) electrons. The number of amides is 1. The van der Waals surface area contributed by atoms with Crippen LogP contribution in [0.25, 0.3) is 0 Å². The Morgan fingerprint density at radius 3 is 2.46 bits per heavy atom. The summed E-state index contributed by atoms with van der Waals surface area (Å²) < 4.78 is 11.2. The van der Waals surface area contributed by atoms with Crippen LogP contribution in [-0.4, -0.2) is 25.7 Å². The summed E-state index contributed by atoms with van der Waals surface area (Å²) in [6.45, 7) is 7.59. The van der Waals surface area contributed by atoms with Gasteiger partial charge in [0.25, 0.3) is 5.91 Å². The van der Waals surface area contributed by atoms with E-state index in [1.54, 1.807) is 0 Å². The van der Waals surface area contributed by atoms with Crippen molar-refractivity contribution in [2.75, 3.05) is 19.8 Å². The van der Waals surface area contributed by atoms with Gasteiger partial charge < -0.3 is 14.8 Å². The van der Waals surface area contributed by atoms with E-state index in [-0.39, 0.29) is 12.5 Å². The van der Waals surface area contributed by atoms with E-state index < -0.39 is 0 Å². The predicted molar refractivity (Wildman–Crippen MR) is 105 cm³/mol. The molecule has 26 heavy (non-hydrogen) atoms. The second-order valence-electron chi connectivity index (χ2n) is 6.51. The Balaban J connectivity index is 1.67. The average molecular weight is 355 g/mol. The number of nitrogens with one attached hydrogen (secondary N) is 1. The highest BCUT2D eigenvalue weighted by Gasteiger charge is 2.05. The molecule has 0 spiro atoms. The molecule has 0 saturated carbocycles. The topological polar surface area (TPSA) is 47.6 Å². The highest BCUT2D eigenvalue weighted by atomic mass is 16.5. The summed E-state index contributed by atoms with van der Waals surface area (Å²) in [6, 6.07) is 15.9. The summed E-state index contributed by atoms with van der Waals surface area (Å²) in [7, 11) is 0. The smallest absolute Gasteiger partial charge is 0.257 e. The molecule has 0 aliphatic rings. The molecular weight excluding hydrogens is 326 g/mol. The lowest BCUT2D eigenvalue weighted by Crippen LogP contribution is -2.29. The lowest BCUT2D eigenvalue weighted by Gasteiger charge is -2.11. The minimum Gasteiger partial charge on any atom is -0.494 e. The number of rotatable bonds is 10. The van der Waals surface area contributed by atoms with Crippen LogP contribution in [0, 0.1) is 0 Å². The molecule has 0 bridgehead atoms. The first-order valence-electron chi connectivity index (χ1n) is 9.30. The molecule has 4 nitrogen and oxygen atoms in total. The zero-order valence-corrected chi connectivity index (χ0v) is 16.0. The van der Waals surface area contributed by atoms with Gasteiger partial charge in [-0.25, -0.2) is 0 Å². The summed E-state index contributed by atoms with van der Waals surface area (Å²) in [5, 5.41) is 2.90. The van der Waals surface area contributed by atoms with Crippen molar-refractivity contribution >= 4 is 5.91 Å². The first-order valence-corrected chi connectivity index (χ1v) is 9.30. The van der Waals surface area contributed by atoms with Crippen molar-refractivity contribution in [3.63, 3.8) is 0 Å². The summed E-state index contributed by atoms with van der Waals surface area (Å²) in [5.74, 6) is 2.03. The summed E-state index contributed by atoms with van der Waals surface area (Å²) in [5.41, 5.74) is 2.43. The molecule has 2 aromatic carbocycles. The predicted octanol–water partition coefficient (Wildman–Crippen LogP) is 4.34. The third-order valence-electron chi connectivity index (χ3n) is 4.13. The van der Waals surface area contributed by atoms with Gasteiger partial charge in [-0.05, 0) is 55.0 Å². The monoisotopic (exact) mass is 355 g/mol. The van der Waals surface area contributed by atoms with Gasteiger partial charge in [-0.3, -0.25) is 4.79 Å². The Kier molecular flexibility index (Phi) is 8.00. The van der Waals surface area contributed by atoms with E-state index in [1.807, 2.05) is 49.4 Å². The Morgan fingerprint density at radius 1 is 1.04 bits per heavy atom. The van der Waals surface area contributed by atoms with E-state index in [2.05, 4.69) is 25.2 Å². The van der Waals surface area contributed by atoms with Gasteiger partial charge in [-0.15, -0.1) is 0 Å². The van der Waals surface area contributed by atoms with Gasteiger partial charge in [-0.1, -0.05) is 44.2 Å². The zero-order valence-electron chi connectivity index (χ0n) is 16.0. The van der Waals surface area contributed by atoms with Crippen LogP contribution in [0.4, 0.5) is 0 Å². The van der Waals surface area contributed by atoms with E-state index in [0.29, 0.717) is 19.1 Å². The lowest BCUT2D eigenvalue weighted by molar-refractivity contribution is -0.123. The quantitative estimate of drug-likeness (QED) is 0.645. The number of ether oxygens (including phenoxy) is 2. The fourth-order valence-electron chi connectivity index (χ4n) is 2.66. The van der Waals surface area contributed by atoms with Crippen molar-refractivity contribution in [1.82, 2.24) is 5.32 Å². The number of benzene rings is 2. The van der Waals surface area contributed by atoms with Crippen molar-refractivity contribution in [3.05, 3.63) is 59.7 Å². The van der Waals surface area contributed by atoms with E-state index >= 15 is 0 Å². The maximum absolute atomic E-state index is 11.9. The minimum atomic E-state index is -0.101. The fourth-order valence-corrected chi connectivity index (χ4v) is 2.66. The molecule has 4 heteroatoms. The number of hydrogen-bond acceptors (Lipinski definition) is 3. The van der Waals surface area contributed by atoms with Crippen molar-refractivity contribution < 1.29 is 14.3 Å². The van der Waals surface area contributed by atoms with Crippen LogP contribution in [0.5, 0.6) is 11.5 Å². The second-order valence-corrected chi connectivity index (χ2v) is 6.51. The molecule has 0 saturated heterocycles. The number of para-hydroxylation sites is 1. The second kappa shape index (κ2) is 10.5. The number of hydrogen-bond donors (Lipinski definition) is 1. The Hall–Kier alpha value is -2.49. The van der Waals surface area contributed by atoms with E-state index in [0.717, 1.165) is 24.3 Å².